The summed E-state index contributed by atoms with van der Waals surface area (Å²) in [5.74, 6) is 0. The number of hydrogen-bond donors (Lipinski definition) is 0. The van der Waals surface area contributed by atoms with Gasteiger partial charge in [0.15, 0.2) is 0 Å². The molecule has 0 aliphatic heterocycles. The van der Waals surface area contributed by atoms with Crippen LogP contribution < -0.4 is 0 Å². The molecule has 72 valence electrons. The van der Waals surface area contributed by atoms with Crippen molar-refractivity contribution in [2.75, 3.05) is 0 Å². The molecule has 1 aromatic carbocycles. The molecule has 0 bridgehead atoms. The molecule has 4 heteroatoms. The Labute approximate surface area is 85.5 Å². The first-order valence-electron chi connectivity index (χ1n) is 4.56. The molecule has 2 aromatic heterocycles. The summed E-state index contributed by atoms with van der Waals surface area (Å²) in [6.45, 7) is 0. The van der Waals surface area contributed by atoms with Gasteiger partial charge in [-0.1, -0.05) is 29.4 Å². The Morgan fingerprint density at radius 1 is 1.07 bits per heavy atom. The van der Waals surface area contributed by atoms with E-state index in [4.69, 9.17) is 4.52 Å². The molecule has 0 saturated heterocycles. The maximum Gasteiger partial charge on any atom is 0.134 e. The minimum atomic E-state index is 0.708. The van der Waals surface area contributed by atoms with Crippen LogP contribution in [0.4, 0.5) is 0 Å². The molecule has 3 rings (SSSR count). The van der Waals surface area contributed by atoms with E-state index in [1.807, 2.05) is 24.3 Å². The highest BCUT2D eigenvalue weighted by atomic mass is 16.5. The molecular weight excluding hydrogens is 190 g/mol. The van der Waals surface area contributed by atoms with E-state index in [0.717, 1.165) is 16.5 Å². The zero-order chi connectivity index (χ0) is 10.1. The average Bonchev–Trinajstić information content (AvgIpc) is 2.82. The molecule has 0 fully saturated rings. The Morgan fingerprint density at radius 2 is 2.00 bits per heavy atom. The van der Waals surface area contributed by atoms with Crippen molar-refractivity contribution >= 4 is 10.8 Å². The molecular formula is C11H7N3O. The van der Waals surface area contributed by atoms with Crippen LogP contribution in [0.1, 0.15) is 0 Å². The molecule has 0 aliphatic carbocycles. The normalized spacial score (nSPS) is 10.7. The smallest absolute Gasteiger partial charge is 0.134 e. The lowest BCUT2D eigenvalue weighted by molar-refractivity contribution is 0.422. The van der Waals surface area contributed by atoms with E-state index in [1.54, 1.807) is 12.3 Å². The lowest BCUT2D eigenvalue weighted by atomic mass is 10.1. The number of aromatic nitrogens is 3. The molecule has 0 amide bonds. The zero-order valence-electron chi connectivity index (χ0n) is 7.79. The number of rotatable bonds is 1. The first kappa shape index (κ1) is 8.11. The SMILES string of the molecule is c1ccc2c(-c3ccon3)nncc2c1. The second-order valence-electron chi connectivity index (χ2n) is 3.17. The highest BCUT2D eigenvalue weighted by Gasteiger charge is 2.07. The van der Waals surface area contributed by atoms with Crippen LogP contribution in [-0.4, -0.2) is 15.4 Å². The van der Waals surface area contributed by atoms with Gasteiger partial charge in [0.05, 0.1) is 6.20 Å². The molecule has 0 unspecified atom stereocenters. The first-order valence-corrected chi connectivity index (χ1v) is 4.56. The van der Waals surface area contributed by atoms with Crippen LogP contribution in [0, 0.1) is 0 Å². The van der Waals surface area contributed by atoms with Gasteiger partial charge >= 0.3 is 0 Å². The van der Waals surface area contributed by atoms with Crippen LogP contribution in [0.25, 0.3) is 22.2 Å². The van der Waals surface area contributed by atoms with E-state index in [-0.39, 0.29) is 0 Å². The van der Waals surface area contributed by atoms with Crippen molar-refractivity contribution < 1.29 is 4.52 Å². The largest absolute Gasteiger partial charge is 0.364 e. The summed E-state index contributed by atoms with van der Waals surface area (Å²) in [5, 5.41) is 13.9. The molecule has 0 atom stereocenters. The van der Waals surface area contributed by atoms with Crippen molar-refractivity contribution in [3.8, 4) is 11.4 Å². The summed E-state index contributed by atoms with van der Waals surface area (Å²) >= 11 is 0. The first-order chi connectivity index (χ1) is 7.45. The lowest BCUT2D eigenvalue weighted by Crippen LogP contribution is -1.89. The van der Waals surface area contributed by atoms with Crippen molar-refractivity contribution in [2.24, 2.45) is 0 Å². The quantitative estimate of drug-likeness (QED) is 0.600. The van der Waals surface area contributed by atoms with Gasteiger partial charge in [-0.3, -0.25) is 0 Å². The van der Waals surface area contributed by atoms with Crippen molar-refractivity contribution in [2.45, 2.75) is 0 Å². The van der Waals surface area contributed by atoms with Crippen molar-refractivity contribution in [3.05, 3.63) is 42.8 Å². The topological polar surface area (TPSA) is 51.8 Å². The van der Waals surface area contributed by atoms with Gasteiger partial charge in [-0.15, -0.1) is 5.10 Å². The molecule has 0 spiro atoms. The van der Waals surface area contributed by atoms with Gasteiger partial charge in [0.25, 0.3) is 0 Å². The lowest BCUT2D eigenvalue weighted by Gasteiger charge is -1.99. The monoisotopic (exact) mass is 197 g/mol. The van der Waals surface area contributed by atoms with E-state index >= 15 is 0 Å². The highest BCUT2D eigenvalue weighted by molar-refractivity contribution is 5.92. The highest BCUT2D eigenvalue weighted by Crippen LogP contribution is 2.23. The second-order valence-corrected chi connectivity index (χ2v) is 3.17. The van der Waals surface area contributed by atoms with Gasteiger partial charge in [-0.25, -0.2) is 0 Å². The van der Waals surface area contributed by atoms with E-state index in [0.29, 0.717) is 5.69 Å². The fourth-order valence-electron chi connectivity index (χ4n) is 1.55. The van der Waals surface area contributed by atoms with Gasteiger partial charge in [-0.2, -0.15) is 5.10 Å². The minimum absolute atomic E-state index is 0.708. The van der Waals surface area contributed by atoms with Crippen molar-refractivity contribution in [1.29, 1.82) is 0 Å². The summed E-state index contributed by atoms with van der Waals surface area (Å²) in [7, 11) is 0. The fraction of sp³-hybridized carbons (Fsp3) is 0. The van der Waals surface area contributed by atoms with Gasteiger partial charge in [0.2, 0.25) is 0 Å². The Morgan fingerprint density at radius 3 is 2.87 bits per heavy atom. The molecule has 2 heterocycles. The predicted octanol–water partition coefficient (Wildman–Crippen LogP) is 2.28. The van der Waals surface area contributed by atoms with Crippen LogP contribution in [0.2, 0.25) is 0 Å². The number of benzene rings is 1. The molecule has 0 radical (unpaired) electrons. The van der Waals surface area contributed by atoms with Gasteiger partial charge in [0.1, 0.15) is 17.7 Å². The molecule has 0 N–H and O–H groups in total. The molecule has 0 aliphatic rings. The zero-order valence-corrected chi connectivity index (χ0v) is 7.79. The third kappa shape index (κ3) is 1.27. The standard InChI is InChI=1S/C11H7N3O/c1-2-4-9-8(3-1)7-12-13-11(9)10-5-6-15-14-10/h1-7H. The molecule has 0 saturated carbocycles. The van der Waals surface area contributed by atoms with E-state index < -0.39 is 0 Å². The van der Waals surface area contributed by atoms with Gasteiger partial charge in [-0.05, 0) is 0 Å². The summed E-state index contributed by atoms with van der Waals surface area (Å²) in [6.07, 6.45) is 3.26. The fourth-order valence-corrected chi connectivity index (χ4v) is 1.55. The Hall–Kier alpha value is -2.23. The van der Waals surface area contributed by atoms with E-state index in [9.17, 15) is 0 Å². The summed E-state index contributed by atoms with van der Waals surface area (Å²) in [6, 6.07) is 9.70. The second kappa shape index (κ2) is 3.16. The molecule has 15 heavy (non-hydrogen) atoms. The van der Waals surface area contributed by atoms with Gasteiger partial charge in [0, 0.05) is 16.8 Å². The third-order valence-corrected chi connectivity index (χ3v) is 2.25. The summed E-state index contributed by atoms with van der Waals surface area (Å²) < 4.78 is 4.80. The Kier molecular flexibility index (Phi) is 1.71. The summed E-state index contributed by atoms with van der Waals surface area (Å²) in [5.41, 5.74) is 1.46. The summed E-state index contributed by atoms with van der Waals surface area (Å²) in [4.78, 5) is 0. The predicted molar refractivity (Wildman–Crippen MR) is 55.0 cm³/mol. The van der Waals surface area contributed by atoms with Crippen LogP contribution >= 0.6 is 0 Å². The maximum atomic E-state index is 4.80. The van der Waals surface area contributed by atoms with Crippen LogP contribution in [0.5, 0.6) is 0 Å². The van der Waals surface area contributed by atoms with Gasteiger partial charge < -0.3 is 4.52 Å². The van der Waals surface area contributed by atoms with E-state index in [1.165, 1.54) is 6.26 Å². The Bertz CT molecular complexity index is 584. The van der Waals surface area contributed by atoms with Crippen LogP contribution in [0.3, 0.4) is 0 Å². The Balaban J connectivity index is 2.36. The molecule has 4 nitrogen and oxygen atoms in total. The van der Waals surface area contributed by atoms with Crippen molar-refractivity contribution in [1.82, 2.24) is 15.4 Å². The van der Waals surface area contributed by atoms with Crippen molar-refractivity contribution in [3.63, 3.8) is 0 Å². The molecule has 3 aromatic rings. The van der Waals surface area contributed by atoms with Crippen LogP contribution in [-0.2, 0) is 0 Å². The number of fused-ring (bicyclic) bond motifs is 1. The van der Waals surface area contributed by atoms with Crippen LogP contribution in [0.15, 0.2) is 47.3 Å². The minimum Gasteiger partial charge on any atom is -0.364 e. The number of hydrogen-bond acceptors (Lipinski definition) is 4. The maximum absolute atomic E-state index is 4.80. The average molecular weight is 197 g/mol. The number of nitrogens with zero attached hydrogens (tertiary/aromatic N) is 3. The third-order valence-electron chi connectivity index (χ3n) is 2.25. The van der Waals surface area contributed by atoms with E-state index in [2.05, 4.69) is 15.4 Å².